The van der Waals surface area contributed by atoms with Crippen LogP contribution in [0.15, 0.2) is 24.3 Å². The SMILES string of the molecule is Cc1nnsc1C(=O)NCc1ccc(F)cc1. The van der Waals surface area contributed by atoms with E-state index in [1.807, 2.05) is 0 Å². The van der Waals surface area contributed by atoms with E-state index in [1.54, 1.807) is 19.1 Å². The first-order chi connectivity index (χ1) is 8.16. The standard InChI is InChI=1S/C11H10FN3OS/c1-7-10(17-15-14-7)11(16)13-6-8-2-4-9(12)5-3-8/h2-5H,6H2,1H3,(H,13,16). The zero-order valence-electron chi connectivity index (χ0n) is 9.11. The maximum Gasteiger partial charge on any atom is 0.265 e. The molecule has 0 fully saturated rings. The van der Waals surface area contributed by atoms with E-state index in [4.69, 9.17) is 0 Å². The first-order valence-electron chi connectivity index (χ1n) is 4.98. The zero-order valence-corrected chi connectivity index (χ0v) is 9.92. The Morgan fingerprint density at radius 1 is 1.41 bits per heavy atom. The van der Waals surface area contributed by atoms with Crippen LogP contribution in [0, 0.1) is 12.7 Å². The maximum absolute atomic E-state index is 12.7. The Bertz CT molecular complexity index is 524. The van der Waals surface area contributed by atoms with Crippen molar-refractivity contribution < 1.29 is 9.18 Å². The molecule has 0 saturated carbocycles. The number of nitrogens with one attached hydrogen (secondary N) is 1. The fourth-order valence-corrected chi connectivity index (χ4v) is 1.88. The van der Waals surface area contributed by atoms with Gasteiger partial charge in [0.2, 0.25) is 0 Å². The van der Waals surface area contributed by atoms with Crippen LogP contribution >= 0.6 is 11.5 Å². The van der Waals surface area contributed by atoms with Crippen molar-refractivity contribution >= 4 is 17.4 Å². The van der Waals surface area contributed by atoms with Gasteiger partial charge in [0.15, 0.2) is 0 Å². The van der Waals surface area contributed by atoms with Crippen LogP contribution in [-0.4, -0.2) is 15.5 Å². The van der Waals surface area contributed by atoms with Crippen molar-refractivity contribution in [2.75, 3.05) is 0 Å². The van der Waals surface area contributed by atoms with Crippen LogP contribution in [0.2, 0.25) is 0 Å². The Labute approximate surface area is 102 Å². The van der Waals surface area contributed by atoms with Crippen LogP contribution in [0.5, 0.6) is 0 Å². The third kappa shape index (κ3) is 2.85. The lowest BCUT2D eigenvalue weighted by Gasteiger charge is -2.03. The molecule has 0 unspecified atom stereocenters. The molecule has 1 aromatic carbocycles. The Balaban J connectivity index is 1.97. The Morgan fingerprint density at radius 3 is 2.71 bits per heavy atom. The lowest BCUT2D eigenvalue weighted by atomic mass is 10.2. The first-order valence-corrected chi connectivity index (χ1v) is 5.76. The summed E-state index contributed by atoms with van der Waals surface area (Å²) in [6.45, 7) is 2.09. The zero-order chi connectivity index (χ0) is 12.3. The average molecular weight is 251 g/mol. The van der Waals surface area contributed by atoms with Gasteiger partial charge >= 0.3 is 0 Å². The molecule has 2 aromatic rings. The molecule has 2 rings (SSSR count). The number of carbonyl (C=O) groups is 1. The van der Waals surface area contributed by atoms with Gasteiger partial charge in [-0.3, -0.25) is 4.79 Å². The number of aromatic nitrogens is 2. The van der Waals surface area contributed by atoms with Crippen LogP contribution in [0.3, 0.4) is 0 Å². The van der Waals surface area contributed by atoms with Crippen molar-refractivity contribution in [2.45, 2.75) is 13.5 Å². The van der Waals surface area contributed by atoms with Gasteiger partial charge in [0.1, 0.15) is 10.7 Å². The number of aryl methyl sites for hydroxylation is 1. The van der Waals surface area contributed by atoms with E-state index in [9.17, 15) is 9.18 Å². The highest BCUT2D eigenvalue weighted by atomic mass is 32.1. The van der Waals surface area contributed by atoms with Crippen molar-refractivity contribution in [3.63, 3.8) is 0 Å². The van der Waals surface area contributed by atoms with Crippen LogP contribution in [0.1, 0.15) is 20.9 Å². The van der Waals surface area contributed by atoms with Crippen LogP contribution in [0.4, 0.5) is 4.39 Å². The van der Waals surface area contributed by atoms with Crippen molar-refractivity contribution in [1.29, 1.82) is 0 Å². The molecule has 88 valence electrons. The smallest absolute Gasteiger partial charge is 0.265 e. The number of rotatable bonds is 3. The molecular formula is C11H10FN3OS. The van der Waals surface area contributed by atoms with Gasteiger partial charge < -0.3 is 5.32 Å². The molecule has 0 bridgehead atoms. The number of amides is 1. The molecule has 0 aliphatic carbocycles. The molecule has 0 aliphatic heterocycles. The highest BCUT2D eigenvalue weighted by Gasteiger charge is 2.12. The van der Waals surface area contributed by atoms with Gasteiger partial charge in [-0.15, -0.1) is 5.10 Å². The molecule has 6 heteroatoms. The molecular weight excluding hydrogens is 241 g/mol. The fraction of sp³-hybridized carbons (Fsp3) is 0.182. The van der Waals surface area contributed by atoms with E-state index in [0.717, 1.165) is 17.1 Å². The molecule has 1 N–H and O–H groups in total. The minimum absolute atomic E-state index is 0.207. The Kier molecular flexibility index (Phi) is 3.43. The topological polar surface area (TPSA) is 54.9 Å². The summed E-state index contributed by atoms with van der Waals surface area (Å²) in [6, 6.07) is 5.99. The summed E-state index contributed by atoms with van der Waals surface area (Å²) in [5.74, 6) is -0.496. The largest absolute Gasteiger partial charge is 0.347 e. The van der Waals surface area contributed by atoms with Gasteiger partial charge in [-0.05, 0) is 36.2 Å². The highest BCUT2D eigenvalue weighted by molar-refractivity contribution is 7.07. The summed E-state index contributed by atoms with van der Waals surface area (Å²) in [7, 11) is 0. The summed E-state index contributed by atoms with van der Waals surface area (Å²) in [5, 5.41) is 6.49. The summed E-state index contributed by atoms with van der Waals surface area (Å²) in [6.07, 6.45) is 0. The second-order valence-electron chi connectivity index (χ2n) is 3.50. The number of hydrogen-bond acceptors (Lipinski definition) is 4. The summed E-state index contributed by atoms with van der Waals surface area (Å²) >= 11 is 1.06. The number of halogens is 1. The third-order valence-electron chi connectivity index (χ3n) is 2.22. The molecule has 0 spiro atoms. The molecule has 4 nitrogen and oxygen atoms in total. The quantitative estimate of drug-likeness (QED) is 0.906. The van der Waals surface area contributed by atoms with Crippen LogP contribution < -0.4 is 5.32 Å². The van der Waals surface area contributed by atoms with E-state index in [0.29, 0.717) is 17.1 Å². The second-order valence-corrected chi connectivity index (χ2v) is 4.25. The van der Waals surface area contributed by atoms with Gasteiger partial charge in [0, 0.05) is 6.54 Å². The third-order valence-corrected chi connectivity index (χ3v) is 3.05. The monoisotopic (exact) mass is 251 g/mol. The highest BCUT2D eigenvalue weighted by Crippen LogP contribution is 2.09. The Hall–Kier alpha value is -1.82. The maximum atomic E-state index is 12.7. The van der Waals surface area contributed by atoms with Gasteiger partial charge in [-0.2, -0.15) is 0 Å². The van der Waals surface area contributed by atoms with Gasteiger partial charge in [0.25, 0.3) is 5.91 Å². The van der Waals surface area contributed by atoms with E-state index in [1.165, 1.54) is 12.1 Å². The van der Waals surface area contributed by atoms with Crippen LogP contribution in [-0.2, 0) is 6.54 Å². The van der Waals surface area contributed by atoms with Gasteiger partial charge in [-0.1, -0.05) is 16.6 Å². The average Bonchev–Trinajstić information content (AvgIpc) is 2.74. The number of nitrogens with zero attached hydrogens (tertiary/aromatic N) is 2. The van der Waals surface area contributed by atoms with Crippen molar-refractivity contribution in [3.8, 4) is 0 Å². The van der Waals surface area contributed by atoms with Gasteiger partial charge in [0.05, 0.1) is 5.69 Å². The van der Waals surface area contributed by atoms with Crippen molar-refractivity contribution in [1.82, 2.24) is 14.9 Å². The lowest BCUT2D eigenvalue weighted by Crippen LogP contribution is -2.22. The van der Waals surface area contributed by atoms with Gasteiger partial charge in [-0.25, -0.2) is 4.39 Å². The molecule has 1 aromatic heterocycles. The molecule has 0 radical (unpaired) electrons. The van der Waals surface area contributed by atoms with Crippen LogP contribution in [0.25, 0.3) is 0 Å². The summed E-state index contributed by atoms with van der Waals surface area (Å²) < 4.78 is 16.4. The first kappa shape index (κ1) is 11.7. The van der Waals surface area contributed by atoms with Crippen molar-refractivity contribution in [3.05, 3.63) is 46.2 Å². The molecule has 17 heavy (non-hydrogen) atoms. The number of hydrogen-bond donors (Lipinski definition) is 1. The number of benzene rings is 1. The van der Waals surface area contributed by atoms with E-state index in [-0.39, 0.29) is 11.7 Å². The van der Waals surface area contributed by atoms with E-state index >= 15 is 0 Å². The molecule has 0 atom stereocenters. The van der Waals surface area contributed by atoms with E-state index in [2.05, 4.69) is 14.9 Å². The minimum Gasteiger partial charge on any atom is -0.347 e. The summed E-state index contributed by atoms with van der Waals surface area (Å²) in [4.78, 5) is 12.2. The minimum atomic E-state index is -0.289. The lowest BCUT2D eigenvalue weighted by molar-refractivity contribution is 0.0954. The molecule has 1 amide bonds. The molecule has 0 aliphatic rings. The predicted molar refractivity (Wildman–Crippen MR) is 62.2 cm³/mol. The summed E-state index contributed by atoms with van der Waals surface area (Å²) in [5.41, 5.74) is 1.46. The normalized spacial score (nSPS) is 10.2. The Morgan fingerprint density at radius 2 is 2.12 bits per heavy atom. The molecule has 1 heterocycles. The predicted octanol–water partition coefficient (Wildman–Crippen LogP) is 1.92. The number of carbonyl (C=O) groups excluding carboxylic acids is 1. The fourth-order valence-electron chi connectivity index (χ4n) is 1.30. The van der Waals surface area contributed by atoms with E-state index < -0.39 is 0 Å². The molecule has 0 saturated heterocycles. The van der Waals surface area contributed by atoms with Crippen molar-refractivity contribution in [2.24, 2.45) is 0 Å². The second kappa shape index (κ2) is 5.01.